The van der Waals surface area contributed by atoms with Crippen molar-refractivity contribution in [2.75, 3.05) is 10.0 Å². The van der Waals surface area contributed by atoms with Gasteiger partial charge in [0.1, 0.15) is 5.82 Å². The van der Waals surface area contributed by atoms with E-state index in [9.17, 15) is 17.6 Å². The minimum atomic E-state index is -4.00. The number of rotatable bonds is 6. The van der Waals surface area contributed by atoms with Crippen molar-refractivity contribution in [3.8, 4) is 0 Å². The summed E-state index contributed by atoms with van der Waals surface area (Å²) in [7, 11) is -4.00. The fourth-order valence-corrected chi connectivity index (χ4v) is 6.13. The average molecular weight is 417 g/mol. The van der Waals surface area contributed by atoms with Crippen molar-refractivity contribution in [2.45, 2.75) is 43.9 Å². The first-order chi connectivity index (χ1) is 13.8. The Morgan fingerprint density at radius 2 is 1.93 bits per heavy atom. The van der Waals surface area contributed by atoms with E-state index in [1.165, 1.54) is 43.5 Å². The molecule has 3 unspecified atom stereocenters. The van der Waals surface area contributed by atoms with Crippen LogP contribution in [-0.2, 0) is 14.8 Å². The molecule has 0 spiro atoms. The molecule has 2 aromatic rings. The highest BCUT2D eigenvalue weighted by atomic mass is 32.2. The van der Waals surface area contributed by atoms with Crippen LogP contribution in [0, 0.1) is 30.5 Å². The number of carbonyl (C=O) groups excluding carboxylic acids is 1. The largest absolute Gasteiger partial charge is 0.326 e. The molecule has 4 rings (SSSR count). The maximum absolute atomic E-state index is 13.9. The third-order valence-electron chi connectivity index (χ3n) is 6.21. The van der Waals surface area contributed by atoms with Crippen LogP contribution < -0.4 is 10.0 Å². The number of amides is 1. The standard InChI is InChI=1S/C22H25FN2O3S/c1-14-6-9-18(24-22(26)12-17-11-15-7-8-16(17)10-15)13-21(14)29(27,28)25-20-5-3-2-4-19(20)23/h2-6,9,13,15-17,25H,7-8,10-12H2,1H3,(H,24,26). The summed E-state index contributed by atoms with van der Waals surface area (Å²) in [5, 5.41) is 2.84. The predicted octanol–water partition coefficient (Wildman–Crippen LogP) is 4.70. The van der Waals surface area contributed by atoms with Gasteiger partial charge in [0.25, 0.3) is 10.0 Å². The molecule has 2 N–H and O–H groups in total. The second-order valence-electron chi connectivity index (χ2n) is 8.25. The van der Waals surface area contributed by atoms with Gasteiger partial charge in [0.05, 0.1) is 10.6 Å². The van der Waals surface area contributed by atoms with E-state index < -0.39 is 15.8 Å². The highest BCUT2D eigenvalue weighted by Crippen LogP contribution is 2.49. The number of anilines is 2. The normalized spacial score (nSPS) is 23.2. The van der Waals surface area contributed by atoms with Gasteiger partial charge in [-0.15, -0.1) is 0 Å². The summed E-state index contributed by atoms with van der Waals surface area (Å²) in [4.78, 5) is 12.5. The fourth-order valence-electron chi connectivity index (χ4n) is 4.79. The lowest BCUT2D eigenvalue weighted by Crippen LogP contribution is -2.21. The van der Waals surface area contributed by atoms with Gasteiger partial charge in [-0.05, 0) is 73.8 Å². The van der Waals surface area contributed by atoms with Crippen LogP contribution >= 0.6 is 0 Å². The van der Waals surface area contributed by atoms with Crippen LogP contribution in [0.4, 0.5) is 15.8 Å². The van der Waals surface area contributed by atoms with Crippen LogP contribution in [0.15, 0.2) is 47.4 Å². The van der Waals surface area contributed by atoms with E-state index in [-0.39, 0.29) is 16.5 Å². The molecule has 3 atom stereocenters. The molecule has 0 radical (unpaired) electrons. The number of sulfonamides is 1. The molecule has 2 aliphatic rings. The zero-order chi connectivity index (χ0) is 20.6. The van der Waals surface area contributed by atoms with E-state index in [4.69, 9.17) is 0 Å². The van der Waals surface area contributed by atoms with Crippen LogP contribution in [0.5, 0.6) is 0 Å². The van der Waals surface area contributed by atoms with E-state index in [2.05, 4.69) is 10.0 Å². The molecule has 29 heavy (non-hydrogen) atoms. The van der Waals surface area contributed by atoms with E-state index in [0.29, 0.717) is 29.5 Å². The topological polar surface area (TPSA) is 75.3 Å². The Labute approximate surface area is 170 Å². The minimum absolute atomic E-state index is 0.0125. The van der Waals surface area contributed by atoms with Crippen LogP contribution in [0.25, 0.3) is 0 Å². The van der Waals surface area contributed by atoms with Crippen molar-refractivity contribution < 1.29 is 17.6 Å². The summed E-state index contributed by atoms with van der Waals surface area (Å²) in [6.45, 7) is 1.66. The molecule has 5 nitrogen and oxygen atoms in total. The molecule has 2 aliphatic carbocycles. The number of benzene rings is 2. The first kappa shape index (κ1) is 19.9. The molecular formula is C22H25FN2O3S. The van der Waals surface area contributed by atoms with Crippen molar-refractivity contribution in [1.29, 1.82) is 0 Å². The van der Waals surface area contributed by atoms with Crippen molar-refractivity contribution in [3.63, 3.8) is 0 Å². The lowest BCUT2D eigenvalue weighted by molar-refractivity contribution is -0.117. The number of para-hydroxylation sites is 1. The molecule has 0 aliphatic heterocycles. The Kier molecular flexibility index (Phi) is 5.34. The molecular weight excluding hydrogens is 391 g/mol. The summed E-state index contributed by atoms with van der Waals surface area (Å²) in [5.41, 5.74) is 0.829. The fraction of sp³-hybridized carbons (Fsp3) is 0.409. The van der Waals surface area contributed by atoms with Crippen molar-refractivity contribution in [3.05, 3.63) is 53.8 Å². The number of aryl methyl sites for hydroxylation is 1. The summed E-state index contributed by atoms with van der Waals surface area (Å²) < 4.78 is 41.7. The van der Waals surface area contributed by atoms with Crippen molar-refractivity contribution in [1.82, 2.24) is 0 Å². The Morgan fingerprint density at radius 1 is 1.14 bits per heavy atom. The van der Waals surface area contributed by atoms with Gasteiger partial charge < -0.3 is 5.32 Å². The first-order valence-corrected chi connectivity index (χ1v) is 11.5. The molecule has 7 heteroatoms. The highest BCUT2D eigenvalue weighted by molar-refractivity contribution is 7.92. The highest BCUT2D eigenvalue weighted by Gasteiger charge is 2.40. The summed E-state index contributed by atoms with van der Waals surface area (Å²) in [6.07, 6.45) is 5.35. The maximum Gasteiger partial charge on any atom is 0.262 e. The zero-order valence-corrected chi connectivity index (χ0v) is 17.1. The van der Waals surface area contributed by atoms with Gasteiger partial charge in [-0.25, -0.2) is 12.8 Å². The number of nitrogens with one attached hydrogen (secondary N) is 2. The lowest BCUT2D eigenvalue weighted by Gasteiger charge is -2.21. The molecule has 1 amide bonds. The molecule has 2 fully saturated rings. The second kappa shape index (κ2) is 7.78. The Bertz CT molecular complexity index is 1040. The van der Waals surface area contributed by atoms with E-state index >= 15 is 0 Å². The summed E-state index contributed by atoms with van der Waals surface area (Å²) in [6, 6.07) is 10.4. The third-order valence-corrected chi connectivity index (χ3v) is 7.72. The van der Waals surface area contributed by atoms with Crippen LogP contribution in [0.1, 0.15) is 37.7 Å². The number of fused-ring (bicyclic) bond motifs is 2. The third kappa shape index (κ3) is 4.29. The van der Waals surface area contributed by atoms with Gasteiger partial charge in [-0.3, -0.25) is 9.52 Å². The van der Waals surface area contributed by atoms with Gasteiger partial charge in [-0.1, -0.05) is 24.6 Å². The number of halogens is 1. The molecule has 2 bridgehead atoms. The minimum Gasteiger partial charge on any atom is -0.326 e. The molecule has 154 valence electrons. The van der Waals surface area contributed by atoms with Gasteiger partial charge in [0.2, 0.25) is 5.91 Å². The van der Waals surface area contributed by atoms with Crippen molar-refractivity contribution in [2.24, 2.45) is 17.8 Å². The SMILES string of the molecule is Cc1ccc(NC(=O)CC2CC3CCC2C3)cc1S(=O)(=O)Nc1ccccc1F. The number of hydrogen-bond acceptors (Lipinski definition) is 3. The number of carbonyl (C=O) groups is 1. The summed E-state index contributed by atoms with van der Waals surface area (Å²) >= 11 is 0. The van der Waals surface area contributed by atoms with E-state index in [1.807, 2.05) is 0 Å². The van der Waals surface area contributed by atoms with Crippen LogP contribution in [0.2, 0.25) is 0 Å². The van der Waals surface area contributed by atoms with Crippen LogP contribution in [-0.4, -0.2) is 14.3 Å². The van der Waals surface area contributed by atoms with Gasteiger partial charge >= 0.3 is 0 Å². The smallest absolute Gasteiger partial charge is 0.262 e. The molecule has 2 aromatic carbocycles. The second-order valence-corrected chi connectivity index (χ2v) is 9.90. The lowest BCUT2D eigenvalue weighted by atomic mass is 9.86. The first-order valence-electron chi connectivity index (χ1n) is 9.99. The zero-order valence-electron chi connectivity index (χ0n) is 16.3. The quantitative estimate of drug-likeness (QED) is 0.717. The average Bonchev–Trinajstić information content (AvgIpc) is 3.28. The molecule has 0 aromatic heterocycles. The molecule has 2 saturated carbocycles. The monoisotopic (exact) mass is 416 g/mol. The summed E-state index contributed by atoms with van der Waals surface area (Å²) in [5.74, 6) is 1.13. The van der Waals surface area contributed by atoms with E-state index in [0.717, 1.165) is 12.3 Å². The van der Waals surface area contributed by atoms with Crippen molar-refractivity contribution >= 4 is 27.3 Å². The van der Waals surface area contributed by atoms with E-state index in [1.54, 1.807) is 25.1 Å². The van der Waals surface area contributed by atoms with Gasteiger partial charge in [0, 0.05) is 12.1 Å². The van der Waals surface area contributed by atoms with Gasteiger partial charge in [0.15, 0.2) is 0 Å². The number of hydrogen-bond donors (Lipinski definition) is 2. The Balaban J connectivity index is 1.48. The molecule has 0 heterocycles. The Hall–Kier alpha value is -2.41. The van der Waals surface area contributed by atoms with Gasteiger partial charge in [-0.2, -0.15) is 0 Å². The maximum atomic E-state index is 13.9. The Morgan fingerprint density at radius 3 is 2.62 bits per heavy atom. The van der Waals surface area contributed by atoms with Crippen LogP contribution in [0.3, 0.4) is 0 Å². The molecule has 0 saturated heterocycles. The predicted molar refractivity (Wildman–Crippen MR) is 111 cm³/mol.